The van der Waals surface area contributed by atoms with Crippen molar-refractivity contribution in [3.8, 4) is 10.7 Å². The van der Waals surface area contributed by atoms with Crippen molar-refractivity contribution in [3.05, 3.63) is 22.8 Å². The zero-order valence-electron chi connectivity index (χ0n) is 7.35. The van der Waals surface area contributed by atoms with Crippen LogP contribution in [0.3, 0.4) is 0 Å². The van der Waals surface area contributed by atoms with E-state index in [1.54, 1.807) is 17.7 Å². The molecule has 3 nitrogen and oxygen atoms in total. The molecule has 1 saturated carbocycles. The number of hydrogen-bond acceptors (Lipinski definition) is 3. The van der Waals surface area contributed by atoms with Crippen molar-refractivity contribution in [2.24, 2.45) is 0 Å². The highest BCUT2D eigenvalue weighted by Gasteiger charge is 2.26. The second-order valence-corrected chi connectivity index (χ2v) is 5.11. The van der Waals surface area contributed by atoms with E-state index < -0.39 is 0 Å². The lowest BCUT2D eigenvalue weighted by atomic mass is 10.4. The summed E-state index contributed by atoms with van der Waals surface area (Å²) in [5, 5.41) is 8.07. The van der Waals surface area contributed by atoms with Crippen molar-refractivity contribution in [2.75, 3.05) is 0 Å². The second-order valence-electron chi connectivity index (χ2n) is 3.40. The highest BCUT2D eigenvalue weighted by molar-refractivity contribution is 7.19. The number of thiophene rings is 1. The van der Waals surface area contributed by atoms with Crippen LogP contribution >= 0.6 is 22.9 Å². The summed E-state index contributed by atoms with van der Waals surface area (Å²) >= 11 is 7.43. The van der Waals surface area contributed by atoms with E-state index in [1.165, 1.54) is 12.8 Å². The molecular formula is C9H8ClN3S. The maximum absolute atomic E-state index is 5.89. The molecule has 0 spiro atoms. The molecule has 1 fully saturated rings. The lowest BCUT2D eigenvalue weighted by Gasteiger charge is -2.00. The van der Waals surface area contributed by atoms with E-state index in [0.717, 1.165) is 15.0 Å². The van der Waals surface area contributed by atoms with Crippen LogP contribution in [0.4, 0.5) is 0 Å². The van der Waals surface area contributed by atoms with Gasteiger partial charge in [0.1, 0.15) is 6.33 Å². The molecule has 14 heavy (non-hydrogen) atoms. The minimum atomic E-state index is 0.612. The summed E-state index contributed by atoms with van der Waals surface area (Å²) in [5.74, 6) is 0.949. The fraction of sp³-hybridized carbons (Fsp3) is 0.333. The summed E-state index contributed by atoms with van der Waals surface area (Å²) < 4.78 is 2.94. The Balaban J connectivity index is 2.06. The van der Waals surface area contributed by atoms with Crippen molar-refractivity contribution in [2.45, 2.75) is 18.9 Å². The Morgan fingerprint density at radius 1 is 1.43 bits per heavy atom. The molecule has 72 valence electrons. The topological polar surface area (TPSA) is 30.7 Å². The molecule has 2 aromatic heterocycles. The van der Waals surface area contributed by atoms with Crippen molar-refractivity contribution < 1.29 is 0 Å². The van der Waals surface area contributed by atoms with Crippen molar-refractivity contribution >= 4 is 22.9 Å². The summed E-state index contributed by atoms with van der Waals surface area (Å²) in [6, 6.07) is 4.50. The first-order valence-electron chi connectivity index (χ1n) is 4.50. The number of aromatic nitrogens is 3. The van der Waals surface area contributed by atoms with Gasteiger partial charge in [-0.05, 0) is 25.0 Å². The van der Waals surface area contributed by atoms with E-state index in [1.807, 2.05) is 12.1 Å². The van der Waals surface area contributed by atoms with Gasteiger partial charge in [-0.25, -0.2) is 0 Å². The van der Waals surface area contributed by atoms with E-state index in [0.29, 0.717) is 6.04 Å². The average molecular weight is 226 g/mol. The van der Waals surface area contributed by atoms with Gasteiger partial charge in [0.15, 0.2) is 5.82 Å². The van der Waals surface area contributed by atoms with Gasteiger partial charge in [-0.1, -0.05) is 11.6 Å². The van der Waals surface area contributed by atoms with Gasteiger partial charge in [0.05, 0.1) is 9.21 Å². The van der Waals surface area contributed by atoms with Crippen LogP contribution in [0.15, 0.2) is 18.5 Å². The SMILES string of the molecule is Clc1ccc(-c2nncn2C2CC2)s1. The van der Waals surface area contributed by atoms with Crippen LogP contribution in [-0.4, -0.2) is 14.8 Å². The van der Waals surface area contributed by atoms with E-state index in [2.05, 4.69) is 14.8 Å². The van der Waals surface area contributed by atoms with Crippen LogP contribution in [0.2, 0.25) is 4.34 Å². The van der Waals surface area contributed by atoms with Gasteiger partial charge in [-0.2, -0.15) is 0 Å². The molecule has 2 heterocycles. The Labute approximate surface area is 90.3 Å². The molecule has 3 rings (SSSR count). The number of hydrogen-bond donors (Lipinski definition) is 0. The second kappa shape index (κ2) is 3.07. The molecule has 0 unspecified atom stereocenters. The molecule has 0 amide bonds. The smallest absolute Gasteiger partial charge is 0.174 e. The molecule has 0 aliphatic heterocycles. The molecule has 0 aromatic carbocycles. The average Bonchev–Trinajstić information content (AvgIpc) is 2.75. The molecule has 1 aliphatic rings. The van der Waals surface area contributed by atoms with Gasteiger partial charge in [0.2, 0.25) is 0 Å². The molecule has 1 aliphatic carbocycles. The number of nitrogens with zero attached hydrogens (tertiary/aromatic N) is 3. The Kier molecular flexibility index (Phi) is 1.85. The molecule has 0 N–H and O–H groups in total. The third kappa shape index (κ3) is 1.35. The zero-order valence-corrected chi connectivity index (χ0v) is 8.92. The maximum atomic E-state index is 5.89. The van der Waals surface area contributed by atoms with Gasteiger partial charge < -0.3 is 4.57 Å². The van der Waals surface area contributed by atoms with Gasteiger partial charge in [0.25, 0.3) is 0 Å². The van der Waals surface area contributed by atoms with Crippen LogP contribution in [-0.2, 0) is 0 Å². The summed E-state index contributed by atoms with van der Waals surface area (Å²) in [6.45, 7) is 0. The Hall–Kier alpha value is -0.870. The third-order valence-corrected chi connectivity index (χ3v) is 3.53. The summed E-state index contributed by atoms with van der Waals surface area (Å²) in [5.41, 5.74) is 0. The van der Waals surface area contributed by atoms with Crippen LogP contribution in [0.25, 0.3) is 10.7 Å². The first kappa shape index (κ1) is 8.44. The molecule has 2 aromatic rings. The lowest BCUT2D eigenvalue weighted by molar-refractivity contribution is 0.747. The monoisotopic (exact) mass is 225 g/mol. The van der Waals surface area contributed by atoms with E-state index in [4.69, 9.17) is 11.6 Å². The van der Waals surface area contributed by atoms with Crippen LogP contribution < -0.4 is 0 Å². The Bertz CT molecular complexity index is 458. The summed E-state index contributed by atoms with van der Waals surface area (Å²) in [7, 11) is 0. The first-order valence-corrected chi connectivity index (χ1v) is 5.69. The van der Waals surface area contributed by atoms with E-state index >= 15 is 0 Å². The van der Waals surface area contributed by atoms with Crippen LogP contribution in [0, 0.1) is 0 Å². The number of halogens is 1. The van der Waals surface area contributed by atoms with Crippen LogP contribution in [0.1, 0.15) is 18.9 Å². The lowest BCUT2D eigenvalue weighted by Crippen LogP contribution is -1.93. The molecule has 0 saturated heterocycles. The van der Waals surface area contributed by atoms with Gasteiger partial charge in [-0.15, -0.1) is 21.5 Å². The van der Waals surface area contributed by atoms with Crippen molar-refractivity contribution in [1.82, 2.24) is 14.8 Å². The predicted molar refractivity (Wildman–Crippen MR) is 56.6 cm³/mol. The largest absolute Gasteiger partial charge is 0.310 e. The highest BCUT2D eigenvalue weighted by atomic mass is 35.5. The van der Waals surface area contributed by atoms with Gasteiger partial charge in [0, 0.05) is 6.04 Å². The normalized spacial score (nSPS) is 16.1. The Morgan fingerprint density at radius 2 is 2.29 bits per heavy atom. The zero-order chi connectivity index (χ0) is 9.54. The quantitative estimate of drug-likeness (QED) is 0.787. The Morgan fingerprint density at radius 3 is 2.93 bits per heavy atom. The number of rotatable bonds is 2. The molecule has 0 radical (unpaired) electrons. The van der Waals surface area contributed by atoms with E-state index in [-0.39, 0.29) is 0 Å². The highest BCUT2D eigenvalue weighted by Crippen LogP contribution is 2.39. The van der Waals surface area contributed by atoms with Crippen LogP contribution in [0.5, 0.6) is 0 Å². The maximum Gasteiger partial charge on any atom is 0.174 e. The van der Waals surface area contributed by atoms with E-state index in [9.17, 15) is 0 Å². The van der Waals surface area contributed by atoms with Gasteiger partial charge in [-0.3, -0.25) is 0 Å². The molecular weight excluding hydrogens is 218 g/mol. The fourth-order valence-corrected chi connectivity index (χ4v) is 2.51. The minimum Gasteiger partial charge on any atom is -0.310 e. The standard InChI is InChI=1S/C9H8ClN3S/c10-8-4-3-7(14-8)9-12-11-5-13(9)6-1-2-6/h3-6H,1-2H2. The predicted octanol–water partition coefficient (Wildman–Crippen LogP) is 2.99. The van der Waals surface area contributed by atoms with Crippen molar-refractivity contribution in [1.29, 1.82) is 0 Å². The third-order valence-electron chi connectivity index (χ3n) is 2.31. The molecule has 5 heteroatoms. The minimum absolute atomic E-state index is 0.612. The summed E-state index contributed by atoms with van der Waals surface area (Å²) in [4.78, 5) is 1.10. The fourth-order valence-electron chi connectivity index (χ4n) is 1.47. The molecule has 0 bridgehead atoms. The first-order chi connectivity index (χ1) is 6.84. The molecule has 0 atom stereocenters. The van der Waals surface area contributed by atoms with Gasteiger partial charge >= 0.3 is 0 Å². The summed E-state index contributed by atoms with van der Waals surface area (Å²) in [6.07, 6.45) is 4.29. The van der Waals surface area contributed by atoms with Crippen molar-refractivity contribution in [3.63, 3.8) is 0 Å².